The molecular formula is C19H25ClFN3O. The molecule has 0 fully saturated rings. The van der Waals surface area contributed by atoms with Crippen LogP contribution in [0.15, 0.2) is 30.6 Å². The van der Waals surface area contributed by atoms with Crippen LogP contribution in [0.5, 0.6) is 0 Å². The third-order valence-corrected chi connectivity index (χ3v) is 4.27. The molecule has 0 atom stereocenters. The summed E-state index contributed by atoms with van der Waals surface area (Å²) in [6.45, 7) is 9.27. The van der Waals surface area contributed by atoms with Crippen LogP contribution in [0.2, 0.25) is 5.02 Å². The van der Waals surface area contributed by atoms with Gasteiger partial charge in [0.15, 0.2) is 0 Å². The van der Waals surface area contributed by atoms with E-state index < -0.39 is 0 Å². The topological polar surface area (TPSA) is 38.1 Å². The Morgan fingerprint density at radius 2 is 2.04 bits per heavy atom. The van der Waals surface area contributed by atoms with Gasteiger partial charge in [-0.3, -0.25) is 4.79 Å². The van der Waals surface area contributed by atoms with Gasteiger partial charge in [-0.1, -0.05) is 45.4 Å². The van der Waals surface area contributed by atoms with Crippen molar-refractivity contribution >= 4 is 17.5 Å². The van der Waals surface area contributed by atoms with E-state index in [1.807, 2.05) is 23.3 Å². The number of hydrogen-bond acceptors (Lipinski definition) is 2. The van der Waals surface area contributed by atoms with Crippen LogP contribution in [0.25, 0.3) is 0 Å². The maximum Gasteiger partial charge on any atom is 0.225 e. The lowest BCUT2D eigenvalue weighted by Crippen LogP contribution is -2.37. The number of nitrogens with zero attached hydrogens (tertiary/aromatic N) is 3. The monoisotopic (exact) mass is 365 g/mol. The highest BCUT2D eigenvalue weighted by Crippen LogP contribution is 2.21. The Balaban J connectivity index is 2.23. The van der Waals surface area contributed by atoms with Crippen LogP contribution in [0.4, 0.5) is 4.39 Å². The van der Waals surface area contributed by atoms with E-state index in [-0.39, 0.29) is 24.2 Å². The van der Waals surface area contributed by atoms with Gasteiger partial charge in [-0.25, -0.2) is 9.37 Å². The lowest BCUT2D eigenvalue weighted by atomic mass is 10.1. The van der Waals surface area contributed by atoms with Crippen LogP contribution >= 0.6 is 11.6 Å². The Hall–Kier alpha value is -1.88. The Kier molecular flexibility index (Phi) is 6.59. The summed E-state index contributed by atoms with van der Waals surface area (Å²) in [6.07, 6.45) is 3.45. The number of carbonyl (C=O) groups excluding carboxylic acids is 1. The predicted molar refractivity (Wildman–Crippen MR) is 97.8 cm³/mol. The summed E-state index contributed by atoms with van der Waals surface area (Å²) in [5.41, 5.74) is 0.425. The average molecular weight is 366 g/mol. The van der Waals surface area contributed by atoms with Crippen LogP contribution < -0.4 is 0 Å². The second-order valence-corrected chi connectivity index (χ2v) is 7.35. The van der Waals surface area contributed by atoms with Crippen molar-refractivity contribution in [3.63, 3.8) is 0 Å². The van der Waals surface area contributed by atoms with Crippen molar-refractivity contribution in [2.75, 3.05) is 6.54 Å². The molecule has 1 heterocycles. The minimum Gasteiger partial charge on any atom is -0.335 e. The van der Waals surface area contributed by atoms with Gasteiger partial charge in [0, 0.05) is 35.4 Å². The number of imidazole rings is 1. The van der Waals surface area contributed by atoms with Crippen molar-refractivity contribution in [3.05, 3.63) is 52.8 Å². The first kappa shape index (κ1) is 19.4. The fourth-order valence-corrected chi connectivity index (χ4v) is 2.92. The SMILES string of the molecule is CC(C)CN(Cc1nccn1Cc1c(F)cccc1Cl)C(=O)C(C)C. The van der Waals surface area contributed by atoms with Gasteiger partial charge in [-0.15, -0.1) is 0 Å². The summed E-state index contributed by atoms with van der Waals surface area (Å²) in [4.78, 5) is 18.7. The fourth-order valence-electron chi connectivity index (χ4n) is 2.70. The highest BCUT2D eigenvalue weighted by molar-refractivity contribution is 6.31. The molecule has 1 aromatic heterocycles. The van der Waals surface area contributed by atoms with Crippen molar-refractivity contribution in [2.24, 2.45) is 11.8 Å². The first-order valence-electron chi connectivity index (χ1n) is 8.51. The van der Waals surface area contributed by atoms with Crippen LogP contribution in [-0.2, 0) is 17.9 Å². The molecule has 0 aliphatic carbocycles. The molecule has 0 saturated carbocycles. The number of carbonyl (C=O) groups is 1. The van der Waals surface area contributed by atoms with Gasteiger partial charge in [0.1, 0.15) is 11.6 Å². The van der Waals surface area contributed by atoms with E-state index in [4.69, 9.17) is 11.6 Å². The number of halogens is 2. The number of aromatic nitrogens is 2. The summed E-state index contributed by atoms with van der Waals surface area (Å²) in [7, 11) is 0. The summed E-state index contributed by atoms with van der Waals surface area (Å²) in [6, 6.07) is 4.65. The molecule has 2 rings (SSSR count). The highest BCUT2D eigenvalue weighted by atomic mass is 35.5. The minimum atomic E-state index is -0.343. The summed E-state index contributed by atoms with van der Waals surface area (Å²) < 4.78 is 15.9. The second kappa shape index (κ2) is 8.48. The molecule has 1 aromatic carbocycles. The van der Waals surface area contributed by atoms with Gasteiger partial charge >= 0.3 is 0 Å². The Morgan fingerprint density at radius 1 is 1.32 bits per heavy atom. The molecule has 0 bridgehead atoms. The van der Waals surface area contributed by atoms with E-state index >= 15 is 0 Å². The molecule has 25 heavy (non-hydrogen) atoms. The number of amides is 1. The third-order valence-electron chi connectivity index (χ3n) is 3.92. The molecular weight excluding hydrogens is 341 g/mol. The zero-order valence-corrected chi connectivity index (χ0v) is 15.9. The van der Waals surface area contributed by atoms with Crippen molar-refractivity contribution in [1.29, 1.82) is 0 Å². The largest absolute Gasteiger partial charge is 0.335 e. The zero-order chi connectivity index (χ0) is 18.6. The maximum absolute atomic E-state index is 14.1. The smallest absolute Gasteiger partial charge is 0.225 e. The fraction of sp³-hybridized carbons (Fsp3) is 0.474. The van der Waals surface area contributed by atoms with E-state index in [9.17, 15) is 9.18 Å². The molecule has 0 unspecified atom stereocenters. The average Bonchev–Trinajstić information content (AvgIpc) is 2.96. The normalized spacial score (nSPS) is 11.4. The predicted octanol–water partition coefficient (Wildman–Crippen LogP) is 4.36. The van der Waals surface area contributed by atoms with Crippen molar-refractivity contribution in [3.8, 4) is 0 Å². The Bertz CT molecular complexity index is 707. The molecule has 1 amide bonds. The van der Waals surface area contributed by atoms with Gasteiger partial charge < -0.3 is 9.47 Å². The molecule has 136 valence electrons. The van der Waals surface area contributed by atoms with E-state index in [0.29, 0.717) is 35.4 Å². The molecule has 0 spiro atoms. The lowest BCUT2D eigenvalue weighted by Gasteiger charge is -2.26. The van der Waals surface area contributed by atoms with Gasteiger partial charge in [0.25, 0.3) is 0 Å². The van der Waals surface area contributed by atoms with E-state index in [2.05, 4.69) is 18.8 Å². The van der Waals surface area contributed by atoms with E-state index in [0.717, 1.165) is 0 Å². The van der Waals surface area contributed by atoms with Gasteiger partial charge in [0.05, 0.1) is 13.1 Å². The summed E-state index contributed by atoms with van der Waals surface area (Å²) in [5, 5.41) is 0.386. The first-order chi connectivity index (χ1) is 11.8. The number of rotatable bonds is 7. The standard InChI is InChI=1S/C19H25ClFN3O/c1-13(2)10-24(19(25)14(3)4)12-18-22-8-9-23(18)11-15-16(20)6-5-7-17(15)21/h5-9,13-14H,10-12H2,1-4H3. The summed E-state index contributed by atoms with van der Waals surface area (Å²) >= 11 is 6.13. The molecule has 4 nitrogen and oxygen atoms in total. The van der Waals surface area contributed by atoms with Crippen molar-refractivity contribution < 1.29 is 9.18 Å². The quantitative estimate of drug-likeness (QED) is 0.731. The van der Waals surface area contributed by atoms with Crippen LogP contribution in [0.3, 0.4) is 0 Å². The van der Waals surface area contributed by atoms with Crippen LogP contribution in [0.1, 0.15) is 39.1 Å². The molecule has 0 radical (unpaired) electrons. The summed E-state index contributed by atoms with van der Waals surface area (Å²) in [5.74, 6) is 0.737. The first-order valence-corrected chi connectivity index (χ1v) is 8.89. The van der Waals surface area contributed by atoms with Gasteiger partial charge in [0.2, 0.25) is 5.91 Å². The Morgan fingerprint density at radius 3 is 2.64 bits per heavy atom. The molecule has 0 aliphatic heterocycles. The van der Waals surface area contributed by atoms with E-state index in [1.54, 1.807) is 24.5 Å². The van der Waals surface area contributed by atoms with E-state index in [1.165, 1.54) is 6.07 Å². The zero-order valence-electron chi connectivity index (χ0n) is 15.2. The lowest BCUT2D eigenvalue weighted by molar-refractivity contribution is -0.135. The van der Waals surface area contributed by atoms with Crippen molar-refractivity contribution in [1.82, 2.24) is 14.5 Å². The number of benzene rings is 1. The van der Waals surface area contributed by atoms with Gasteiger partial charge in [-0.05, 0) is 18.1 Å². The van der Waals surface area contributed by atoms with Crippen LogP contribution in [0, 0.1) is 17.7 Å². The molecule has 6 heteroatoms. The number of hydrogen-bond donors (Lipinski definition) is 0. The molecule has 2 aromatic rings. The maximum atomic E-state index is 14.1. The third kappa shape index (κ3) is 5.05. The molecule has 0 aliphatic rings. The molecule has 0 saturated heterocycles. The van der Waals surface area contributed by atoms with Crippen molar-refractivity contribution in [2.45, 2.75) is 40.8 Å². The minimum absolute atomic E-state index is 0.0804. The Labute approximate surface area is 153 Å². The molecule has 0 N–H and O–H groups in total. The highest BCUT2D eigenvalue weighted by Gasteiger charge is 2.20. The second-order valence-electron chi connectivity index (χ2n) is 6.94. The van der Waals surface area contributed by atoms with Crippen LogP contribution in [-0.4, -0.2) is 26.9 Å². The van der Waals surface area contributed by atoms with Gasteiger partial charge in [-0.2, -0.15) is 0 Å².